The third-order valence-corrected chi connectivity index (χ3v) is 3.24. The van der Waals surface area contributed by atoms with Crippen LogP contribution in [0.3, 0.4) is 0 Å². The lowest BCUT2D eigenvalue weighted by atomic mass is 10.1. The van der Waals surface area contributed by atoms with Gasteiger partial charge in [0.15, 0.2) is 0 Å². The molecule has 0 aliphatic heterocycles. The number of hydrogen-bond donors (Lipinski definition) is 0. The zero-order valence-corrected chi connectivity index (χ0v) is 12.1. The van der Waals surface area contributed by atoms with E-state index in [-0.39, 0.29) is 0 Å². The highest BCUT2D eigenvalue weighted by Crippen LogP contribution is 2.13. The second-order valence-corrected chi connectivity index (χ2v) is 4.62. The third kappa shape index (κ3) is 5.54. The zero-order valence-electron chi connectivity index (χ0n) is 12.1. The zero-order chi connectivity index (χ0) is 13.2. The fourth-order valence-electron chi connectivity index (χ4n) is 2.06. The summed E-state index contributed by atoms with van der Waals surface area (Å²) >= 11 is 0. The van der Waals surface area contributed by atoms with Crippen molar-refractivity contribution in [1.29, 1.82) is 0 Å². The lowest BCUT2D eigenvalue weighted by molar-refractivity contribution is 0.249. The molecule has 1 rings (SSSR count). The van der Waals surface area contributed by atoms with Crippen LogP contribution in [0, 0.1) is 0 Å². The van der Waals surface area contributed by atoms with Crippen LogP contribution in [0.15, 0.2) is 24.3 Å². The topological polar surface area (TPSA) is 12.5 Å². The summed E-state index contributed by atoms with van der Waals surface area (Å²) < 4.78 is 5.75. The SMILES string of the molecule is CCCc1ccc(OCCCN(CC)CC)cc1. The van der Waals surface area contributed by atoms with Gasteiger partial charge >= 0.3 is 0 Å². The molecule has 18 heavy (non-hydrogen) atoms. The Labute approximate surface area is 112 Å². The molecule has 0 saturated heterocycles. The van der Waals surface area contributed by atoms with Crippen molar-refractivity contribution in [3.8, 4) is 5.75 Å². The Bertz CT molecular complexity index is 303. The van der Waals surface area contributed by atoms with Crippen LogP contribution < -0.4 is 4.74 Å². The quantitative estimate of drug-likeness (QED) is 0.618. The molecule has 0 bridgehead atoms. The standard InChI is InChI=1S/C16H27NO/c1-4-8-15-9-11-16(12-10-15)18-14-7-13-17(5-2)6-3/h9-12H,4-8,13-14H2,1-3H3. The molecule has 0 radical (unpaired) electrons. The van der Waals surface area contributed by atoms with Crippen LogP contribution in [-0.4, -0.2) is 31.1 Å². The van der Waals surface area contributed by atoms with Gasteiger partial charge in [-0.3, -0.25) is 0 Å². The van der Waals surface area contributed by atoms with Crippen LogP contribution in [-0.2, 0) is 6.42 Å². The number of benzene rings is 1. The molecule has 0 saturated carbocycles. The van der Waals surface area contributed by atoms with E-state index in [1.165, 1.54) is 12.0 Å². The maximum atomic E-state index is 5.75. The Kier molecular flexibility index (Phi) is 7.51. The highest BCUT2D eigenvalue weighted by atomic mass is 16.5. The number of hydrogen-bond acceptors (Lipinski definition) is 2. The molecule has 0 aliphatic rings. The van der Waals surface area contributed by atoms with E-state index in [2.05, 4.69) is 49.9 Å². The van der Waals surface area contributed by atoms with E-state index in [1.807, 2.05) is 0 Å². The van der Waals surface area contributed by atoms with Gasteiger partial charge in [-0.25, -0.2) is 0 Å². The predicted octanol–water partition coefficient (Wildman–Crippen LogP) is 3.75. The van der Waals surface area contributed by atoms with E-state index in [4.69, 9.17) is 4.74 Å². The Morgan fingerprint density at radius 1 is 1.00 bits per heavy atom. The summed E-state index contributed by atoms with van der Waals surface area (Å²) in [5.41, 5.74) is 1.40. The Hall–Kier alpha value is -1.02. The number of rotatable bonds is 9. The molecule has 0 heterocycles. The van der Waals surface area contributed by atoms with Crippen molar-refractivity contribution in [2.75, 3.05) is 26.2 Å². The van der Waals surface area contributed by atoms with Crippen molar-refractivity contribution in [3.63, 3.8) is 0 Å². The fraction of sp³-hybridized carbons (Fsp3) is 0.625. The maximum Gasteiger partial charge on any atom is 0.119 e. The van der Waals surface area contributed by atoms with E-state index < -0.39 is 0 Å². The predicted molar refractivity (Wildman–Crippen MR) is 78.3 cm³/mol. The van der Waals surface area contributed by atoms with E-state index in [0.717, 1.165) is 44.8 Å². The van der Waals surface area contributed by atoms with Crippen LogP contribution in [0.4, 0.5) is 0 Å². The van der Waals surface area contributed by atoms with E-state index in [9.17, 15) is 0 Å². The summed E-state index contributed by atoms with van der Waals surface area (Å²) in [4.78, 5) is 2.42. The molecule has 0 amide bonds. The Balaban J connectivity index is 2.22. The van der Waals surface area contributed by atoms with Gasteiger partial charge in [0.05, 0.1) is 6.61 Å². The lowest BCUT2D eigenvalue weighted by Gasteiger charge is -2.17. The Morgan fingerprint density at radius 3 is 2.22 bits per heavy atom. The van der Waals surface area contributed by atoms with Crippen molar-refractivity contribution >= 4 is 0 Å². The van der Waals surface area contributed by atoms with Crippen LogP contribution in [0.5, 0.6) is 5.75 Å². The summed E-state index contributed by atoms with van der Waals surface area (Å²) in [6, 6.07) is 8.51. The van der Waals surface area contributed by atoms with E-state index >= 15 is 0 Å². The second-order valence-electron chi connectivity index (χ2n) is 4.62. The first kappa shape index (κ1) is 15.0. The smallest absolute Gasteiger partial charge is 0.119 e. The third-order valence-electron chi connectivity index (χ3n) is 3.24. The number of nitrogens with zero attached hydrogens (tertiary/aromatic N) is 1. The molecule has 0 fully saturated rings. The second kappa shape index (κ2) is 8.98. The molecule has 102 valence electrons. The van der Waals surface area contributed by atoms with Gasteiger partial charge in [-0.15, -0.1) is 0 Å². The summed E-state index contributed by atoms with van der Waals surface area (Å²) in [5, 5.41) is 0. The van der Waals surface area contributed by atoms with Crippen LogP contribution in [0.2, 0.25) is 0 Å². The normalized spacial score (nSPS) is 10.9. The highest BCUT2D eigenvalue weighted by Gasteiger charge is 1.99. The first-order chi connectivity index (χ1) is 8.80. The average Bonchev–Trinajstić information content (AvgIpc) is 2.41. The van der Waals surface area contributed by atoms with Gasteiger partial charge in [0.1, 0.15) is 5.75 Å². The summed E-state index contributed by atoms with van der Waals surface area (Å²) in [6.45, 7) is 10.8. The summed E-state index contributed by atoms with van der Waals surface area (Å²) in [6.07, 6.45) is 3.45. The molecule has 0 atom stereocenters. The van der Waals surface area contributed by atoms with Crippen LogP contribution in [0.25, 0.3) is 0 Å². The summed E-state index contributed by atoms with van der Waals surface area (Å²) in [7, 11) is 0. The molecule has 0 spiro atoms. The maximum absolute atomic E-state index is 5.75. The molecule has 0 aromatic heterocycles. The summed E-state index contributed by atoms with van der Waals surface area (Å²) in [5.74, 6) is 0.995. The molecule has 1 aromatic carbocycles. The average molecular weight is 249 g/mol. The molecule has 2 heteroatoms. The minimum Gasteiger partial charge on any atom is -0.494 e. The molecular formula is C16H27NO. The van der Waals surface area contributed by atoms with Crippen molar-refractivity contribution in [2.45, 2.75) is 40.0 Å². The molecule has 0 N–H and O–H groups in total. The van der Waals surface area contributed by atoms with Gasteiger partial charge in [0.25, 0.3) is 0 Å². The van der Waals surface area contributed by atoms with Crippen molar-refractivity contribution in [1.82, 2.24) is 4.90 Å². The minimum absolute atomic E-state index is 0.809. The van der Waals surface area contributed by atoms with Gasteiger partial charge < -0.3 is 9.64 Å². The molecular weight excluding hydrogens is 222 g/mol. The van der Waals surface area contributed by atoms with Crippen LogP contribution >= 0.6 is 0 Å². The molecule has 2 nitrogen and oxygen atoms in total. The highest BCUT2D eigenvalue weighted by molar-refractivity contribution is 5.27. The molecule has 0 unspecified atom stereocenters. The van der Waals surface area contributed by atoms with E-state index in [0.29, 0.717) is 0 Å². The first-order valence-corrected chi connectivity index (χ1v) is 7.24. The van der Waals surface area contributed by atoms with Crippen LogP contribution in [0.1, 0.15) is 39.2 Å². The number of ether oxygens (including phenoxy) is 1. The van der Waals surface area contributed by atoms with Gasteiger partial charge in [-0.05, 0) is 43.6 Å². The largest absolute Gasteiger partial charge is 0.494 e. The lowest BCUT2D eigenvalue weighted by Crippen LogP contribution is -2.25. The van der Waals surface area contributed by atoms with E-state index in [1.54, 1.807) is 0 Å². The van der Waals surface area contributed by atoms with Gasteiger partial charge in [0, 0.05) is 6.54 Å². The van der Waals surface area contributed by atoms with Gasteiger partial charge in [-0.1, -0.05) is 39.3 Å². The minimum atomic E-state index is 0.809. The van der Waals surface area contributed by atoms with Gasteiger partial charge in [-0.2, -0.15) is 0 Å². The van der Waals surface area contributed by atoms with Crippen molar-refractivity contribution < 1.29 is 4.74 Å². The van der Waals surface area contributed by atoms with Crippen molar-refractivity contribution in [3.05, 3.63) is 29.8 Å². The Morgan fingerprint density at radius 2 is 1.67 bits per heavy atom. The van der Waals surface area contributed by atoms with Gasteiger partial charge in [0.2, 0.25) is 0 Å². The number of aryl methyl sites for hydroxylation is 1. The molecule has 0 aliphatic carbocycles. The molecule has 1 aromatic rings. The monoisotopic (exact) mass is 249 g/mol. The van der Waals surface area contributed by atoms with Crippen molar-refractivity contribution in [2.24, 2.45) is 0 Å². The first-order valence-electron chi connectivity index (χ1n) is 7.24. The fourth-order valence-corrected chi connectivity index (χ4v) is 2.06.